The Labute approximate surface area is 176 Å². The molecule has 1 atom stereocenters. The summed E-state index contributed by atoms with van der Waals surface area (Å²) in [5.41, 5.74) is 3.19. The fraction of sp³-hybridized carbons (Fsp3) is 0.280. The maximum Gasteiger partial charge on any atom is 0.298 e. The highest BCUT2D eigenvalue weighted by Crippen LogP contribution is 2.33. The van der Waals surface area contributed by atoms with Gasteiger partial charge >= 0.3 is 0 Å². The summed E-state index contributed by atoms with van der Waals surface area (Å²) in [6.45, 7) is 3.64. The Balaban J connectivity index is 1.45. The van der Waals surface area contributed by atoms with Gasteiger partial charge in [-0.3, -0.25) is 4.79 Å². The highest BCUT2D eigenvalue weighted by molar-refractivity contribution is 6.05. The van der Waals surface area contributed by atoms with Crippen molar-refractivity contribution in [3.63, 3.8) is 0 Å². The van der Waals surface area contributed by atoms with Crippen LogP contribution in [0.15, 0.2) is 77.9 Å². The summed E-state index contributed by atoms with van der Waals surface area (Å²) in [4.78, 5) is 14.5. The predicted molar refractivity (Wildman–Crippen MR) is 118 cm³/mol. The first-order valence-electron chi connectivity index (χ1n) is 10.6. The zero-order valence-corrected chi connectivity index (χ0v) is 17.0. The number of benzene rings is 3. The van der Waals surface area contributed by atoms with Crippen LogP contribution in [0.4, 0.5) is 0 Å². The molecule has 1 saturated heterocycles. The molecule has 5 nitrogen and oxygen atoms in total. The van der Waals surface area contributed by atoms with E-state index in [0.717, 1.165) is 49.6 Å². The lowest BCUT2D eigenvalue weighted by molar-refractivity contribution is -0.900. The highest BCUT2D eigenvalue weighted by Gasteiger charge is 2.35. The van der Waals surface area contributed by atoms with E-state index in [-0.39, 0.29) is 11.9 Å². The third-order valence-corrected chi connectivity index (χ3v) is 6.03. The van der Waals surface area contributed by atoms with Gasteiger partial charge in [-0.2, -0.15) is 5.10 Å². The van der Waals surface area contributed by atoms with Crippen LogP contribution >= 0.6 is 0 Å². The number of amides is 1. The van der Waals surface area contributed by atoms with Crippen molar-refractivity contribution in [1.29, 1.82) is 0 Å². The molecule has 30 heavy (non-hydrogen) atoms. The van der Waals surface area contributed by atoms with Gasteiger partial charge in [0, 0.05) is 6.42 Å². The maximum absolute atomic E-state index is 13.2. The van der Waals surface area contributed by atoms with E-state index >= 15 is 0 Å². The van der Waals surface area contributed by atoms with Crippen LogP contribution in [0.5, 0.6) is 0 Å². The lowest BCUT2D eigenvalue weighted by Crippen LogP contribution is -3.15. The number of carbonyl (C=O) groups excluding carboxylic acids is 1. The molecule has 1 N–H and O–H groups in total. The Hall–Kier alpha value is -3.02. The first-order valence-corrected chi connectivity index (χ1v) is 10.6. The fourth-order valence-electron chi connectivity index (χ4n) is 4.35. The number of hydrazone groups is 1. The molecule has 0 spiro atoms. The average molecular weight is 401 g/mol. The van der Waals surface area contributed by atoms with Gasteiger partial charge in [0.25, 0.3) is 5.91 Å². The van der Waals surface area contributed by atoms with E-state index in [2.05, 4.69) is 54.6 Å². The number of rotatable bonds is 4. The minimum absolute atomic E-state index is 0.0550. The third kappa shape index (κ3) is 3.86. The number of hydrogen-bond donors (Lipinski definition) is 1. The lowest BCUT2D eigenvalue weighted by atomic mass is 9.97. The number of morpholine rings is 1. The SMILES string of the molecule is O=C(C[NH+]1CCOCC1)N1N=C(c2ccc3ccccc3c2)C[C@@H]1c1ccccc1. The standard InChI is InChI=1S/C25H25N3O2/c29-25(18-27-12-14-30-15-13-27)28-24(20-7-2-1-3-8-20)17-23(26-28)22-11-10-19-6-4-5-9-21(19)16-22/h1-11,16,24H,12-15,17-18H2/p+1/t24-/m1/s1. The van der Waals surface area contributed by atoms with Crippen molar-refractivity contribution in [2.24, 2.45) is 5.10 Å². The Morgan fingerprint density at radius 3 is 2.50 bits per heavy atom. The van der Waals surface area contributed by atoms with Crippen LogP contribution in [0, 0.1) is 0 Å². The second-order valence-electron chi connectivity index (χ2n) is 8.02. The van der Waals surface area contributed by atoms with Crippen molar-refractivity contribution in [2.45, 2.75) is 12.5 Å². The van der Waals surface area contributed by atoms with E-state index in [1.54, 1.807) is 5.01 Å². The van der Waals surface area contributed by atoms with E-state index in [4.69, 9.17) is 9.84 Å². The summed E-state index contributed by atoms with van der Waals surface area (Å²) < 4.78 is 5.43. The molecule has 3 aromatic rings. The first kappa shape index (κ1) is 19.0. The molecule has 2 heterocycles. The lowest BCUT2D eigenvalue weighted by Gasteiger charge is -2.27. The van der Waals surface area contributed by atoms with E-state index in [1.807, 2.05) is 18.2 Å². The van der Waals surface area contributed by atoms with Crippen LogP contribution in [0.3, 0.4) is 0 Å². The van der Waals surface area contributed by atoms with Crippen LogP contribution in [-0.4, -0.2) is 49.5 Å². The minimum Gasteiger partial charge on any atom is -0.370 e. The zero-order chi connectivity index (χ0) is 20.3. The maximum atomic E-state index is 13.2. The molecule has 5 heteroatoms. The van der Waals surface area contributed by atoms with E-state index < -0.39 is 0 Å². The monoisotopic (exact) mass is 400 g/mol. The smallest absolute Gasteiger partial charge is 0.298 e. The largest absolute Gasteiger partial charge is 0.370 e. The molecule has 5 rings (SSSR count). The molecule has 0 aliphatic carbocycles. The quantitative estimate of drug-likeness (QED) is 0.731. The summed E-state index contributed by atoms with van der Waals surface area (Å²) in [6, 6.07) is 24.9. The average Bonchev–Trinajstić information content (AvgIpc) is 3.26. The van der Waals surface area contributed by atoms with Crippen molar-refractivity contribution < 1.29 is 14.4 Å². The predicted octanol–water partition coefficient (Wildman–Crippen LogP) is 2.43. The Kier molecular flexibility index (Phi) is 5.30. The third-order valence-electron chi connectivity index (χ3n) is 6.03. The minimum atomic E-state index is -0.0550. The number of hydrogen-bond acceptors (Lipinski definition) is 3. The van der Waals surface area contributed by atoms with Gasteiger partial charge in [0.05, 0.1) is 25.0 Å². The van der Waals surface area contributed by atoms with Crippen LogP contribution in [0.2, 0.25) is 0 Å². The van der Waals surface area contributed by atoms with Gasteiger partial charge in [-0.15, -0.1) is 0 Å². The summed E-state index contributed by atoms with van der Waals surface area (Å²) in [7, 11) is 0. The van der Waals surface area contributed by atoms with Crippen LogP contribution in [-0.2, 0) is 9.53 Å². The molecule has 0 unspecified atom stereocenters. The molecule has 0 saturated carbocycles. The number of carbonyl (C=O) groups is 1. The molecule has 3 aromatic carbocycles. The van der Waals surface area contributed by atoms with Crippen molar-refractivity contribution >= 4 is 22.4 Å². The normalized spacial score (nSPS) is 19.8. The molecule has 1 fully saturated rings. The molecule has 2 aliphatic rings. The summed E-state index contributed by atoms with van der Waals surface area (Å²) in [6.07, 6.45) is 0.729. The molecule has 0 radical (unpaired) electrons. The van der Waals surface area contributed by atoms with Gasteiger partial charge in [-0.05, 0) is 28.0 Å². The topological polar surface area (TPSA) is 46.3 Å². The van der Waals surface area contributed by atoms with Crippen molar-refractivity contribution in [3.8, 4) is 0 Å². The van der Waals surface area contributed by atoms with Crippen LogP contribution < -0.4 is 4.90 Å². The summed E-state index contributed by atoms with van der Waals surface area (Å²) in [5.74, 6) is 0.0801. The van der Waals surface area contributed by atoms with Gasteiger partial charge in [0.1, 0.15) is 13.1 Å². The van der Waals surface area contributed by atoms with Gasteiger partial charge in [-0.25, -0.2) is 5.01 Å². The van der Waals surface area contributed by atoms with E-state index in [0.29, 0.717) is 6.54 Å². The Bertz CT molecular complexity index is 1070. The van der Waals surface area contributed by atoms with Crippen molar-refractivity contribution in [2.75, 3.05) is 32.8 Å². The first-order chi connectivity index (χ1) is 14.8. The second-order valence-corrected chi connectivity index (χ2v) is 8.02. The van der Waals surface area contributed by atoms with Crippen molar-refractivity contribution in [1.82, 2.24) is 5.01 Å². The van der Waals surface area contributed by atoms with Gasteiger partial charge < -0.3 is 9.64 Å². The van der Waals surface area contributed by atoms with Gasteiger partial charge in [0.2, 0.25) is 0 Å². The number of nitrogens with one attached hydrogen (secondary N) is 1. The number of fused-ring (bicyclic) bond motifs is 1. The second kappa shape index (κ2) is 8.38. The Morgan fingerprint density at radius 1 is 0.967 bits per heavy atom. The number of nitrogens with zero attached hydrogens (tertiary/aromatic N) is 2. The Morgan fingerprint density at radius 2 is 1.70 bits per heavy atom. The molecule has 0 bridgehead atoms. The molecule has 1 amide bonds. The molecule has 2 aliphatic heterocycles. The molecular weight excluding hydrogens is 374 g/mol. The van der Waals surface area contributed by atoms with Crippen LogP contribution in [0.1, 0.15) is 23.6 Å². The fourth-order valence-corrected chi connectivity index (χ4v) is 4.35. The highest BCUT2D eigenvalue weighted by atomic mass is 16.5. The molecule has 152 valence electrons. The number of ether oxygens (including phenoxy) is 1. The van der Waals surface area contributed by atoms with Gasteiger partial charge in [-0.1, -0.05) is 66.7 Å². The van der Waals surface area contributed by atoms with E-state index in [9.17, 15) is 4.79 Å². The van der Waals surface area contributed by atoms with Gasteiger partial charge in [0.15, 0.2) is 6.54 Å². The molecule has 0 aromatic heterocycles. The molecular formula is C25H26N3O2+. The summed E-state index contributed by atoms with van der Waals surface area (Å²) in [5, 5.41) is 8.97. The van der Waals surface area contributed by atoms with Crippen LogP contribution in [0.25, 0.3) is 10.8 Å². The zero-order valence-electron chi connectivity index (χ0n) is 17.0. The summed E-state index contributed by atoms with van der Waals surface area (Å²) >= 11 is 0. The van der Waals surface area contributed by atoms with Crippen molar-refractivity contribution in [3.05, 3.63) is 83.9 Å². The number of quaternary nitrogens is 1. The van der Waals surface area contributed by atoms with E-state index in [1.165, 1.54) is 15.7 Å².